The summed E-state index contributed by atoms with van der Waals surface area (Å²) < 4.78 is 19.6. The molecule has 2 saturated carbocycles. The second-order valence-corrected chi connectivity index (χ2v) is 8.28. The van der Waals surface area contributed by atoms with Crippen molar-refractivity contribution in [2.75, 3.05) is 23.1 Å². The SMILES string of the molecule is COc1ccc(N(c2nc(N)nc(NC3CCCCCC3)n2)C2CCCC2)cc1F. The monoisotopic (exact) mass is 414 g/mol. The van der Waals surface area contributed by atoms with Crippen LogP contribution in [0.1, 0.15) is 64.2 Å². The Morgan fingerprint density at radius 1 is 1.00 bits per heavy atom. The minimum absolute atomic E-state index is 0.174. The Morgan fingerprint density at radius 2 is 1.70 bits per heavy atom. The predicted molar refractivity (Wildman–Crippen MR) is 117 cm³/mol. The van der Waals surface area contributed by atoms with Crippen LogP contribution in [0, 0.1) is 5.82 Å². The molecule has 0 amide bonds. The lowest BCUT2D eigenvalue weighted by molar-refractivity contribution is 0.386. The molecule has 1 aromatic heterocycles. The van der Waals surface area contributed by atoms with Crippen molar-refractivity contribution < 1.29 is 9.13 Å². The van der Waals surface area contributed by atoms with Gasteiger partial charge in [0.05, 0.1) is 7.11 Å². The Balaban J connectivity index is 1.66. The number of nitrogens with two attached hydrogens (primary N) is 1. The molecule has 2 aromatic rings. The van der Waals surface area contributed by atoms with Crippen molar-refractivity contribution in [3.63, 3.8) is 0 Å². The molecule has 0 spiro atoms. The molecular formula is C22H31FN6O. The second-order valence-electron chi connectivity index (χ2n) is 8.28. The quantitative estimate of drug-likeness (QED) is 0.655. The molecule has 2 aliphatic carbocycles. The van der Waals surface area contributed by atoms with Gasteiger partial charge in [-0.15, -0.1) is 0 Å². The van der Waals surface area contributed by atoms with E-state index in [4.69, 9.17) is 15.5 Å². The van der Waals surface area contributed by atoms with Crippen molar-refractivity contribution >= 4 is 23.5 Å². The average Bonchev–Trinajstić information content (AvgIpc) is 3.12. The summed E-state index contributed by atoms with van der Waals surface area (Å²) in [5.74, 6) is 0.956. The molecular weight excluding hydrogens is 383 g/mol. The number of rotatable bonds is 6. The highest BCUT2D eigenvalue weighted by molar-refractivity contribution is 5.61. The fourth-order valence-corrected chi connectivity index (χ4v) is 4.62. The van der Waals surface area contributed by atoms with Gasteiger partial charge in [0.25, 0.3) is 0 Å². The number of aromatic nitrogens is 3. The van der Waals surface area contributed by atoms with E-state index in [1.54, 1.807) is 6.07 Å². The Bertz CT molecular complexity index is 850. The summed E-state index contributed by atoms with van der Waals surface area (Å²) in [5.41, 5.74) is 6.76. The number of nitrogens with zero attached hydrogens (tertiary/aromatic N) is 4. The number of ether oxygens (including phenoxy) is 1. The molecule has 2 fully saturated rings. The van der Waals surface area contributed by atoms with E-state index in [1.165, 1.54) is 38.9 Å². The van der Waals surface area contributed by atoms with Crippen LogP contribution in [0.15, 0.2) is 18.2 Å². The van der Waals surface area contributed by atoms with Crippen molar-refractivity contribution in [1.29, 1.82) is 0 Å². The van der Waals surface area contributed by atoms with E-state index in [-0.39, 0.29) is 17.7 Å². The summed E-state index contributed by atoms with van der Waals surface area (Å²) in [4.78, 5) is 15.5. The van der Waals surface area contributed by atoms with Gasteiger partial charge in [0.2, 0.25) is 17.8 Å². The van der Waals surface area contributed by atoms with E-state index in [2.05, 4.69) is 15.3 Å². The highest BCUT2D eigenvalue weighted by Crippen LogP contribution is 2.35. The number of nitrogens with one attached hydrogen (secondary N) is 1. The van der Waals surface area contributed by atoms with E-state index in [9.17, 15) is 4.39 Å². The van der Waals surface area contributed by atoms with E-state index in [1.807, 2.05) is 11.0 Å². The van der Waals surface area contributed by atoms with E-state index >= 15 is 0 Å². The van der Waals surface area contributed by atoms with Gasteiger partial charge in [0.1, 0.15) is 0 Å². The van der Waals surface area contributed by atoms with Crippen LogP contribution < -0.4 is 20.7 Å². The molecule has 1 aromatic carbocycles. The number of halogens is 1. The first-order chi connectivity index (χ1) is 14.6. The molecule has 0 atom stereocenters. The average molecular weight is 415 g/mol. The highest BCUT2D eigenvalue weighted by Gasteiger charge is 2.28. The zero-order valence-corrected chi connectivity index (χ0v) is 17.6. The third kappa shape index (κ3) is 4.74. The maximum atomic E-state index is 14.5. The normalized spacial score (nSPS) is 18.2. The fourth-order valence-electron chi connectivity index (χ4n) is 4.62. The van der Waals surface area contributed by atoms with Gasteiger partial charge in [0.15, 0.2) is 11.6 Å². The Kier molecular flexibility index (Phi) is 6.50. The number of hydrogen-bond donors (Lipinski definition) is 2. The number of nitrogen functional groups attached to an aromatic ring is 1. The molecule has 162 valence electrons. The van der Waals surface area contributed by atoms with Crippen LogP contribution in [0.2, 0.25) is 0 Å². The third-order valence-corrected chi connectivity index (χ3v) is 6.15. The molecule has 0 bridgehead atoms. The summed E-state index contributed by atoms with van der Waals surface area (Å²) in [6.07, 6.45) is 11.5. The van der Waals surface area contributed by atoms with Crippen molar-refractivity contribution in [2.24, 2.45) is 0 Å². The lowest BCUT2D eigenvalue weighted by Gasteiger charge is -2.29. The van der Waals surface area contributed by atoms with E-state index < -0.39 is 5.82 Å². The molecule has 2 aliphatic rings. The molecule has 0 saturated heterocycles. The second kappa shape index (κ2) is 9.45. The summed E-state index contributed by atoms with van der Waals surface area (Å²) in [7, 11) is 1.46. The van der Waals surface area contributed by atoms with E-state index in [0.717, 1.165) is 38.5 Å². The first-order valence-corrected chi connectivity index (χ1v) is 11.0. The molecule has 7 nitrogen and oxygen atoms in total. The van der Waals surface area contributed by atoms with Crippen molar-refractivity contribution in [3.05, 3.63) is 24.0 Å². The van der Waals surface area contributed by atoms with Crippen LogP contribution >= 0.6 is 0 Å². The smallest absolute Gasteiger partial charge is 0.236 e. The Labute approximate surface area is 177 Å². The van der Waals surface area contributed by atoms with Crippen molar-refractivity contribution in [1.82, 2.24) is 15.0 Å². The fraction of sp³-hybridized carbons (Fsp3) is 0.591. The van der Waals surface area contributed by atoms with Gasteiger partial charge in [-0.2, -0.15) is 15.0 Å². The van der Waals surface area contributed by atoms with Crippen LogP contribution in [-0.2, 0) is 0 Å². The summed E-state index contributed by atoms with van der Waals surface area (Å²) >= 11 is 0. The molecule has 1 heterocycles. The number of methoxy groups -OCH3 is 1. The largest absolute Gasteiger partial charge is 0.494 e. The minimum atomic E-state index is -0.406. The van der Waals surface area contributed by atoms with E-state index in [0.29, 0.717) is 23.6 Å². The third-order valence-electron chi connectivity index (χ3n) is 6.15. The molecule has 0 aliphatic heterocycles. The minimum Gasteiger partial charge on any atom is -0.494 e. The van der Waals surface area contributed by atoms with Gasteiger partial charge < -0.3 is 20.7 Å². The number of hydrogen-bond acceptors (Lipinski definition) is 7. The summed E-state index contributed by atoms with van der Waals surface area (Å²) in [6.45, 7) is 0. The van der Waals surface area contributed by atoms with Gasteiger partial charge in [-0.3, -0.25) is 0 Å². The van der Waals surface area contributed by atoms with Crippen molar-refractivity contribution in [2.45, 2.75) is 76.3 Å². The maximum Gasteiger partial charge on any atom is 0.236 e. The first kappa shape index (κ1) is 20.6. The van der Waals surface area contributed by atoms with Crippen LogP contribution in [0.4, 0.5) is 27.9 Å². The zero-order chi connectivity index (χ0) is 20.9. The molecule has 4 rings (SSSR count). The maximum absolute atomic E-state index is 14.5. The van der Waals surface area contributed by atoms with Crippen LogP contribution in [-0.4, -0.2) is 34.1 Å². The Hall–Kier alpha value is -2.64. The van der Waals surface area contributed by atoms with Crippen LogP contribution in [0.3, 0.4) is 0 Å². The van der Waals surface area contributed by atoms with Gasteiger partial charge in [-0.05, 0) is 37.8 Å². The summed E-state index contributed by atoms with van der Waals surface area (Å²) in [6, 6.07) is 5.52. The highest BCUT2D eigenvalue weighted by atomic mass is 19.1. The van der Waals surface area contributed by atoms with Crippen LogP contribution in [0.25, 0.3) is 0 Å². The molecule has 3 N–H and O–H groups in total. The lowest BCUT2D eigenvalue weighted by atomic mass is 10.1. The molecule has 0 unspecified atom stereocenters. The predicted octanol–water partition coefficient (Wildman–Crippen LogP) is 4.82. The summed E-state index contributed by atoms with van der Waals surface area (Å²) in [5, 5.41) is 3.47. The van der Waals surface area contributed by atoms with Crippen LogP contribution in [0.5, 0.6) is 5.75 Å². The lowest BCUT2D eigenvalue weighted by Crippen LogP contribution is -2.31. The van der Waals surface area contributed by atoms with Crippen molar-refractivity contribution in [3.8, 4) is 5.75 Å². The van der Waals surface area contributed by atoms with Gasteiger partial charge in [-0.1, -0.05) is 38.5 Å². The molecule has 8 heteroatoms. The molecule has 30 heavy (non-hydrogen) atoms. The Morgan fingerprint density at radius 3 is 2.37 bits per heavy atom. The zero-order valence-electron chi connectivity index (χ0n) is 17.6. The van der Waals surface area contributed by atoms with Gasteiger partial charge >= 0.3 is 0 Å². The topological polar surface area (TPSA) is 89.2 Å². The first-order valence-electron chi connectivity index (χ1n) is 11.0. The standard InChI is InChI=1S/C22H31FN6O/c1-30-19-13-12-17(14-18(19)23)29(16-10-6-7-11-16)22-27-20(24)26-21(28-22)25-15-8-4-2-3-5-9-15/h12-16H,2-11H2,1H3,(H3,24,25,26,27,28). The molecule has 0 radical (unpaired) electrons. The van der Waals surface area contributed by atoms with Gasteiger partial charge in [-0.25, -0.2) is 4.39 Å². The van der Waals surface area contributed by atoms with Gasteiger partial charge in [0, 0.05) is 23.8 Å². The number of benzene rings is 1. The number of anilines is 4.